The second-order valence-corrected chi connectivity index (χ2v) is 4.91. The van der Waals surface area contributed by atoms with Crippen LogP contribution >= 0.6 is 0 Å². The Hall–Kier alpha value is -2.31. The number of methoxy groups -OCH3 is 1. The van der Waals surface area contributed by atoms with Crippen LogP contribution in [0, 0.1) is 0 Å². The highest BCUT2D eigenvalue weighted by Crippen LogP contribution is 2.28. The van der Waals surface area contributed by atoms with Gasteiger partial charge in [0.25, 0.3) is 0 Å². The van der Waals surface area contributed by atoms with E-state index in [1.165, 1.54) is 0 Å². The molecule has 0 spiro atoms. The van der Waals surface area contributed by atoms with Gasteiger partial charge < -0.3 is 14.8 Å². The number of tetrazole rings is 1. The fourth-order valence-corrected chi connectivity index (χ4v) is 2.03. The van der Waals surface area contributed by atoms with E-state index >= 15 is 0 Å². The zero-order valence-corrected chi connectivity index (χ0v) is 13.4. The largest absolute Gasteiger partial charge is 0.493 e. The highest BCUT2D eigenvalue weighted by Gasteiger charge is 2.08. The molecule has 0 saturated carbocycles. The first-order chi connectivity index (χ1) is 10.8. The van der Waals surface area contributed by atoms with Crippen molar-refractivity contribution in [2.45, 2.75) is 39.8 Å². The minimum atomic E-state index is 0.620. The minimum absolute atomic E-state index is 0.620. The molecule has 1 N–H and O–H groups in total. The SMILES string of the molecule is CCCOc1ccc(CNc2nnnn2CCC)cc1OC. The molecule has 2 aromatic rings. The molecule has 0 radical (unpaired) electrons. The molecule has 120 valence electrons. The van der Waals surface area contributed by atoms with Crippen molar-refractivity contribution in [2.75, 3.05) is 19.0 Å². The fourth-order valence-electron chi connectivity index (χ4n) is 2.03. The topological polar surface area (TPSA) is 74.1 Å². The Labute approximate surface area is 130 Å². The molecule has 0 aliphatic heterocycles. The lowest BCUT2D eigenvalue weighted by atomic mass is 10.2. The number of ether oxygens (including phenoxy) is 2. The summed E-state index contributed by atoms with van der Waals surface area (Å²) in [5.41, 5.74) is 1.08. The van der Waals surface area contributed by atoms with E-state index in [4.69, 9.17) is 9.47 Å². The van der Waals surface area contributed by atoms with E-state index in [0.717, 1.165) is 36.4 Å². The molecule has 0 aliphatic rings. The highest BCUT2D eigenvalue weighted by atomic mass is 16.5. The van der Waals surface area contributed by atoms with Crippen LogP contribution in [0.3, 0.4) is 0 Å². The predicted octanol–water partition coefficient (Wildman–Crippen LogP) is 2.49. The zero-order valence-electron chi connectivity index (χ0n) is 13.4. The summed E-state index contributed by atoms with van der Waals surface area (Å²) in [6, 6.07) is 5.90. The van der Waals surface area contributed by atoms with Crippen LogP contribution in [-0.4, -0.2) is 33.9 Å². The molecule has 7 heteroatoms. The second-order valence-electron chi connectivity index (χ2n) is 4.91. The molecule has 0 bridgehead atoms. The lowest BCUT2D eigenvalue weighted by molar-refractivity contribution is 0.294. The molecule has 1 aromatic carbocycles. The van der Waals surface area contributed by atoms with Gasteiger partial charge in [-0.3, -0.25) is 0 Å². The lowest BCUT2D eigenvalue weighted by Crippen LogP contribution is -2.09. The molecule has 0 fully saturated rings. The molecule has 1 aromatic heterocycles. The average molecular weight is 305 g/mol. The van der Waals surface area contributed by atoms with Crippen molar-refractivity contribution in [3.8, 4) is 11.5 Å². The van der Waals surface area contributed by atoms with Crippen LogP contribution < -0.4 is 14.8 Å². The van der Waals surface area contributed by atoms with Crippen molar-refractivity contribution in [1.29, 1.82) is 0 Å². The van der Waals surface area contributed by atoms with Crippen LogP contribution in [0.15, 0.2) is 18.2 Å². The van der Waals surface area contributed by atoms with Gasteiger partial charge in [0.15, 0.2) is 11.5 Å². The maximum atomic E-state index is 5.65. The van der Waals surface area contributed by atoms with Crippen LogP contribution in [0.1, 0.15) is 32.3 Å². The molecule has 0 aliphatic carbocycles. The number of anilines is 1. The number of hydrogen-bond acceptors (Lipinski definition) is 6. The number of aromatic nitrogens is 4. The Balaban J connectivity index is 2.02. The van der Waals surface area contributed by atoms with Gasteiger partial charge in [-0.15, -0.1) is 0 Å². The Kier molecular flexibility index (Phi) is 6.00. The van der Waals surface area contributed by atoms with Gasteiger partial charge in [-0.1, -0.05) is 25.0 Å². The maximum Gasteiger partial charge on any atom is 0.243 e. The summed E-state index contributed by atoms with van der Waals surface area (Å²) in [6.45, 7) is 6.26. The first kappa shape index (κ1) is 16.1. The third-order valence-electron chi connectivity index (χ3n) is 3.11. The summed E-state index contributed by atoms with van der Waals surface area (Å²) in [7, 11) is 1.65. The molecule has 7 nitrogen and oxygen atoms in total. The van der Waals surface area contributed by atoms with Gasteiger partial charge in [0, 0.05) is 13.1 Å². The standard InChI is InChI=1S/C15H23N5O2/c1-4-8-20-15(17-18-19-20)16-11-12-6-7-13(22-9-5-2)14(10-12)21-3/h6-7,10H,4-5,8-9,11H2,1-3H3,(H,16,17,19). The van der Waals surface area contributed by atoms with Gasteiger partial charge in [0.05, 0.1) is 13.7 Å². The summed E-state index contributed by atoms with van der Waals surface area (Å²) in [5, 5.41) is 14.9. The molecule has 22 heavy (non-hydrogen) atoms. The van der Waals surface area contributed by atoms with Crippen LogP contribution in [0.5, 0.6) is 11.5 Å². The lowest BCUT2D eigenvalue weighted by Gasteiger charge is -2.12. The van der Waals surface area contributed by atoms with Crippen LogP contribution in [0.2, 0.25) is 0 Å². The summed E-state index contributed by atoms with van der Waals surface area (Å²) < 4.78 is 12.8. The first-order valence-electron chi connectivity index (χ1n) is 7.58. The molecule has 2 rings (SSSR count). The molecule has 0 saturated heterocycles. The van der Waals surface area contributed by atoms with Crippen molar-refractivity contribution >= 4 is 5.95 Å². The fraction of sp³-hybridized carbons (Fsp3) is 0.533. The summed E-state index contributed by atoms with van der Waals surface area (Å²) in [4.78, 5) is 0. The highest BCUT2D eigenvalue weighted by molar-refractivity contribution is 5.43. The number of benzene rings is 1. The third-order valence-corrected chi connectivity index (χ3v) is 3.11. The van der Waals surface area contributed by atoms with Crippen molar-refractivity contribution in [1.82, 2.24) is 20.2 Å². The molecule has 0 amide bonds. The normalized spacial score (nSPS) is 10.5. The van der Waals surface area contributed by atoms with Crippen molar-refractivity contribution < 1.29 is 9.47 Å². The third kappa shape index (κ3) is 4.09. The van der Waals surface area contributed by atoms with Gasteiger partial charge in [0.2, 0.25) is 5.95 Å². The average Bonchev–Trinajstić information content (AvgIpc) is 2.99. The van der Waals surface area contributed by atoms with E-state index in [2.05, 4.69) is 34.7 Å². The number of nitrogens with zero attached hydrogens (tertiary/aromatic N) is 4. The molecule has 1 heterocycles. The van der Waals surface area contributed by atoms with Crippen molar-refractivity contribution in [3.05, 3.63) is 23.8 Å². The van der Waals surface area contributed by atoms with Gasteiger partial charge in [-0.05, 0) is 41.0 Å². The van der Waals surface area contributed by atoms with Crippen molar-refractivity contribution in [3.63, 3.8) is 0 Å². The molecule has 0 atom stereocenters. The molecule has 0 unspecified atom stereocenters. The minimum Gasteiger partial charge on any atom is -0.493 e. The monoisotopic (exact) mass is 305 g/mol. The van der Waals surface area contributed by atoms with E-state index in [9.17, 15) is 0 Å². The Bertz CT molecular complexity index is 585. The Morgan fingerprint density at radius 1 is 1.18 bits per heavy atom. The van der Waals surface area contributed by atoms with Gasteiger partial charge >= 0.3 is 0 Å². The quantitative estimate of drug-likeness (QED) is 0.767. The summed E-state index contributed by atoms with van der Waals surface area (Å²) in [6.07, 6.45) is 1.95. The van der Waals surface area contributed by atoms with E-state index < -0.39 is 0 Å². The summed E-state index contributed by atoms with van der Waals surface area (Å²) >= 11 is 0. The summed E-state index contributed by atoms with van der Waals surface area (Å²) in [5.74, 6) is 2.18. The van der Waals surface area contributed by atoms with Gasteiger partial charge in [-0.25, -0.2) is 4.68 Å². The smallest absolute Gasteiger partial charge is 0.243 e. The second kappa shape index (κ2) is 8.21. The molecular weight excluding hydrogens is 282 g/mol. The van der Waals surface area contributed by atoms with Crippen LogP contribution in [0.25, 0.3) is 0 Å². The number of rotatable bonds is 9. The zero-order chi connectivity index (χ0) is 15.8. The maximum absolute atomic E-state index is 5.65. The van der Waals surface area contributed by atoms with Gasteiger partial charge in [-0.2, -0.15) is 0 Å². The number of nitrogens with one attached hydrogen (secondary N) is 1. The van der Waals surface area contributed by atoms with Crippen LogP contribution in [0.4, 0.5) is 5.95 Å². The predicted molar refractivity (Wildman–Crippen MR) is 84.2 cm³/mol. The molecular formula is C15H23N5O2. The number of aryl methyl sites for hydroxylation is 1. The van der Waals surface area contributed by atoms with E-state index in [1.807, 2.05) is 18.2 Å². The van der Waals surface area contributed by atoms with E-state index in [0.29, 0.717) is 19.1 Å². The Morgan fingerprint density at radius 3 is 2.77 bits per heavy atom. The Morgan fingerprint density at radius 2 is 2.05 bits per heavy atom. The van der Waals surface area contributed by atoms with Crippen molar-refractivity contribution in [2.24, 2.45) is 0 Å². The van der Waals surface area contributed by atoms with E-state index in [-0.39, 0.29) is 0 Å². The first-order valence-corrected chi connectivity index (χ1v) is 7.58. The number of hydrogen-bond donors (Lipinski definition) is 1. The van der Waals surface area contributed by atoms with Gasteiger partial charge in [0.1, 0.15) is 0 Å². The van der Waals surface area contributed by atoms with E-state index in [1.54, 1.807) is 11.8 Å². The van der Waals surface area contributed by atoms with Crippen LogP contribution in [-0.2, 0) is 13.1 Å².